The largest absolute Gasteiger partial charge is 0.373 e. The minimum Gasteiger partial charge on any atom is -0.373 e. The van der Waals surface area contributed by atoms with Gasteiger partial charge >= 0.3 is 0 Å². The highest BCUT2D eigenvalue weighted by Crippen LogP contribution is 2.24. The monoisotopic (exact) mass is 205 g/mol. The van der Waals surface area contributed by atoms with Gasteiger partial charge in [0.05, 0.1) is 27.9 Å². The van der Waals surface area contributed by atoms with Crippen LogP contribution in [0.3, 0.4) is 0 Å². The summed E-state index contributed by atoms with van der Waals surface area (Å²) in [6.45, 7) is 0.949. The normalized spacial score (nSPS) is 20.1. The molecule has 2 aromatic rings. The van der Waals surface area contributed by atoms with E-state index >= 15 is 0 Å². The lowest BCUT2D eigenvalue weighted by molar-refractivity contribution is 0.396. The molecule has 14 heavy (non-hydrogen) atoms. The highest BCUT2D eigenvalue weighted by Gasteiger charge is 2.22. The highest BCUT2D eigenvalue weighted by molar-refractivity contribution is 7.18. The van der Waals surface area contributed by atoms with Crippen LogP contribution in [-0.2, 0) is 11.2 Å². The van der Waals surface area contributed by atoms with Crippen LogP contribution in [0.25, 0.3) is 10.2 Å². The number of aryl methyl sites for hydroxylation is 1. The third kappa shape index (κ3) is 1.65. The molecule has 1 saturated heterocycles. The summed E-state index contributed by atoms with van der Waals surface area (Å²) in [5, 5.41) is 1.24. The van der Waals surface area contributed by atoms with Crippen molar-refractivity contribution >= 4 is 21.6 Å². The van der Waals surface area contributed by atoms with E-state index in [0.717, 1.165) is 25.0 Å². The van der Waals surface area contributed by atoms with Gasteiger partial charge in [0.25, 0.3) is 0 Å². The first-order valence-electron chi connectivity index (χ1n) is 4.88. The molecule has 0 amide bonds. The number of aromatic nitrogens is 1. The maximum Gasteiger partial charge on any atom is 0.0939 e. The summed E-state index contributed by atoms with van der Waals surface area (Å²) in [4.78, 5) is 4.58. The molecule has 0 radical (unpaired) electrons. The molecule has 0 N–H and O–H groups in total. The van der Waals surface area contributed by atoms with E-state index in [1.54, 1.807) is 11.3 Å². The van der Waals surface area contributed by atoms with Crippen molar-refractivity contribution in [2.75, 3.05) is 6.61 Å². The van der Waals surface area contributed by atoms with Gasteiger partial charge in [-0.25, -0.2) is 4.98 Å². The molecular weight excluding hydrogens is 194 g/mol. The molecule has 1 fully saturated rings. The molecule has 1 aliphatic rings. The van der Waals surface area contributed by atoms with Crippen LogP contribution in [0.15, 0.2) is 24.3 Å². The van der Waals surface area contributed by atoms with Gasteiger partial charge in [-0.2, -0.15) is 0 Å². The van der Waals surface area contributed by atoms with Crippen molar-refractivity contribution in [2.45, 2.75) is 18.9 Å². The molecule has 1 aromatic carbocycles. The van der Waals surface area contributed by atoms with Crippen LogP contribution in [0.1, 0.15) is 11.4 Å². The Hall–Kier alpha value is -0.930. The minimum atomic E-state index is 0.516. The maximum atomic E-state index is 5.18. The number of nitrogens with zero attached hydrogens (tertiary/aromatic N) is 1. The van der Waals surface area contributed by atoms with E-state index in [4.69, 9.17) is 4.74 Å². The first-order chi connectivity index (χ1) is 6.92. The van der Waals surface area contributed by atoms with Crippen LogP contribution in [0.5, 0.6) is 0 Å². The number of para-hydroxylation sites is 1. The molecule has 2 heterocycles. The standard InChI is InChI=1S/C11H11NOS/c1-2-4-10-9(3-1)12-11(14-10)6-5-8-7-13-8/h1-4,8H,5-7H2/t8-/m0/s1. The second-order valence-corrected chi connectivity index (χ2v) is 4.68. The predicted octanol–water partition coefficient (Wildman–Crippen LogP) is 2.63. The van der Waals surface area contributed by atoms with Gasteiger partial charge in [-0.3, -0.25) is 0 Å². The summed E-state index contributed by atoms with van der Waals surface area (Å²) < 4.78 is 6.47. The molecule has 0 spiro atoms. The third-order valence-corrected chi connectivity index (χ3v) is 3.52. The van der Waals surface area contributed by atoms with Crippen molar-refractivity contribution in [2.24, 2.45) is 0 Å². The number of hydrogen-bond acceptors (Lipinski definition) is 3. The summed E-state index contributed by atoms with van der Waals surface area (Å²) in [7, 11) is 0. The number of benzene rings is 1. The van der Waals surface area contributed by atoms with E-state index in [1.165, 1.54) is 9.71 Å². The van der Waals surface area contributed by atoms with E-state index < -0.39 is 0 Å². The van der Waals surface area contributed by atoms with Gasteiger partial charge < -0.3 is 4.74 Å². The summed E-state index contributed by atoms with van der Waals surface area (Å²) in [6.07, 6.45) is 2.70. The second-order valence-electron chi connectivity index (χ2n) is 3.57. The number of thiazole rings is 1. The second kappa shape index (κ2) is 3.33. The van der Waals surface area contributed by atoms with E-state index in [9.17, 15) is 0 Å². The third-order valence-electron chi connectivity index (χ3n) is 2.42. The summed E-state index contributed by atoms with van der Waals surface area (Å²) in [5.41, 5.74) is 1.13. The van der Waals surface area contributed by atoms with Crippen LogP contribution >= 0.6 is 11.3 Å². The molecule has 0 aliphatic carbocycles. The lowest BCUT2D eigenvalue weighted by Gasteiger charge is -1.89. The SMILES string of the molecule is c1ccc2sc(CC[C@H]3CO3)nc2c1. The average molecular weight is 205 g/mol. The lowest BCUT2D eigenvalue weighted by Crippen LogP contribution is -1.89. The van der Waals surface area contributed by atoms with Crippen molar-refractivity contribution in [3.63, 3.8) is 0 Å². The number of epoxide rings is 1. The quantitative estimate of drug-likeness (QED) is 0.720. The molecule has 1 aliphatic heterocycles. The van der Waals surface area contributed by atoms with E-state index in [2.05, 4.69) is 23.2 Å². The molecule has 3 rings (SSSR count). The van der Waals surface area contributed by atoms with Gasteiger partial charge in [-0.15, -0.1) is 11.3 Å². The zero-order valence-corrected chi connectivity index (χ0v) is 8.59. The minimum absolute atomic E-state index is 0.516. The first kappa shape index (κ1) is 8.38. The Balaban J connectivity index is 1.82. The number of rotatable bonds is 3. The van der Waals surface area contributed by atoms with Crippen molar-refractivity contribution in [3.05, 3.63) is 29.3 Å². The Labute approximate surface area is 86.5 Å². The number of hydrogen-bond donors (Lipinski definition) is 0. The first-order valence-corrected chi connectivity index (χ1v) is 5.69. The average Bonchev–Trinajstić information content (AvgIpc) is 2.94. The molecule has 72 valence electrons. The van der Waals surface area contributed by atoms with Gasteiger partial charge in [0.2, 0.25) is 0 Å². The van der Waals surface area contributed by atoms with Crippen molar-refractivity contribution in [3.8, 4) is 0 Å². The van der Waals surface area contributed by atoms with Gasteiger partial charge in [-0.1, -0.05) is 12.1 Å². The molecule has 3 heteroatoms. The van der Waals surface area contributed by atoms with Gasteiger partial charge in [0.1, 0.15) is 0 Å². The summed E-state index contributed by atoms with van der Waals surface area (Å²) >= 11 is 1.80. The Morgan fingerprint density at radius 1 is 1.43 bits per heavy atom. The number of fused-ring (bicyclic) bond motifs is 1. The Morgan fingerprint density at radius 3 is 3.07 bits per heavy atom. The van der Waals surface area contributed by atoms with Crippen LogP contribution in [0.2, 0.25) is 0 Å². The molecule has 2 nitrogen and oxygen atoms in total. The molecule has 1 aromatic heterocycles. The van der Waals surface area contributed by atoms with E-state index in [-0.39, 0.29) is 0 Å². The zero-order valence-electron chi connectivity index (χ0n) is 7.77. The van der Waals surface area contributed by atoms with E-state index in [1.807, 2.05) is 6.07 Å². The zero-order chi connectivity index (χ0) is 9.38. The Kier molecular flexibility index (Phi) is 2.00. The smallest absolute Gasteiger partial charge is 0.0939 e. The Morgan fingerprint density at radius 2 is 2.29 bits per heavy atom. The highest BCUT2D eigenvalue weighted by atomic mass is 32.1. The fourth-order valence-corrected chi connectivity index (χ4v) is 2.53. The number of ether oxygens (including phenoxy) is 1. The van der Waals surface area contributed by atoms with Crippen molar-refractivity contribution in [1.82, 2.24) is 4.98 Å². The van der Waals surface area contributed by atoms with Crippen LogP contribution < -0.4 is 0 Å². The topological polar surface area (TPSA) is 25.4 Å². The molecule has 0 saturated carbocycles. The van der Waals surface area contributed by atoms with Gasteiger partial charge in [0.15, 0.2) is 0 Å². The fraction of sp³-hybridized carbons (Fsp3) is 0.364. The van der Waals surface area contributed by atoms with Crippen LogP contribution in [0.4, 0.5) is 0 Å². The fourth-order valence-electron chi connectivity index (χ4n) is 1.55. The summed E-state index contributed by atoms with van der Waals surface area (Å²) in [6, 6.07) is 8.30. The molecule has 0 bridgehead atoms. The van der Waals surface area contributed by atoms with Crippen molar-refractivity contribution in [1.29, 1.82) is 0 Å². The van der Waals surface area contributed by atoms with Gasteiger partial charge in [-0.05, 0) is 18.6 Å². The van der Waals surface area contributed by atoms with E-state index in [0.29, 0.717) is 6.10 Å². The maximum absolute atomic E-state index is 5.18. The molecule has 0 unspecified atom stereocenters. The lowest BCUT2D eigenvalue weighted by atomic mass is 10.2. The van der Waals surface area contributed by atoms with Crippen LogP contribution in [0, 0.1) is 0 Å². The van der Waals surface area contributed by atoms with Crippen molar-refractivity contribution < 1.29 is 4.74 Å². The van der Waals surface area contributed by atoms with Crippen LogP contribution in [-0.4, -0.2) is 17.7 Å². The molecule has 1 atom stereocenters. The summed E-state index contributed by atoms with van der Waals surface area (Å²) in [5.74, 6) is 0. The molecular formula is C11H11NOS. The predicted molar refractivity (Wildman–Crippen MR) is 57.7 cm³/mol. The Bertz CT molecular complexity index is 414. The van der Waals surface area contributed by atoms with Gasteiger partial charge in [0, 0.05) is 6.42 Å².